The van der Waals surface area contributed by atoms with E-state index in [-0.39, 0.29) is 5.57 Å². The van der Waals surface area contributed by atoms with Gasteiger partial charge in [0.2, 0.25) is 0 Å². The van der Waals surface area contributed by atoms with Crippen molar-refractivity contribution in [2.75, 3.05) is 51.3 Å². The predicted octanol–water partition coefficient (Wildman–Crippen LogP) is -1.60. The van der Waals surface area contributed by atoms with Crippen LogP contribution in [0.15, 0.2) is 29.8 Å². The maximum absolute atomic E-state index is 12.4. The Morgan fingerprint density at radius 2 is 1.97 bits per heavy atom. The van der Waals surface area contributed by atoms with Crippen LogP contribution in [0.25, 0.3) is 6.08 Å². The third-order valence-corrected chi connectivity index (χ3v) is 5.33. The number of carbonyl (C=O) groups is 1. The van der Waals surface area contributed by atoms with Crippen molar-refractivity contribution in [2.24, 2.45) is 0 Å². The standard InChI is InChI=1S/C21H29N5O6/c22-12-15(21(30)24-20-19(29)18(28)17(13-27)32-25-20)11-14-1-3-16(4-2-14)23-5-6-26-7-9-31-10-8-26/h1-4,11,17-20,23,25,27-29H,5-10,13H2,(H,24,30)/b15-11+/t17-,18-,19+,20+/m1/s1. The van der Waals surface area contributed by atoms with E-state index in [0.717, 1.165) is 45.1 Å². The second-order valence-electron chi connectivity index (χ2n) is 7.56. The van der Waals surface area contributed by atoms with Crippen molar-refractivity contribution in [3.63, 3.8) is 0 Å². The van der Waals surface area contributed by atoms with E-state index >= 15 is 0 Å². The van der Waals surface area contributed by atoms with E-state index in [0.29, 0.717) is 5.56 Å². The summed E-state index contributed by atoms with van der Waals surface area (Å²) in [7, 11) is 0. The van der Waals surface area contributed by atoms with Crippen molar-refractivity contribution < 1.29 is 29.7 Å². The lowest BCUT2D eigenvalue weighted by atomic mass is 10.0. The van der Waals surface area contributed by atoms with Gasteiger partial charge in [-0.1, -0.05) is 12.1 Å². The lowest BCUT2D eigenvalue weighted by molar-refractivity contribution is -0.207. The minimum Gasteiger partial charge on any atom is -0.393 e. The summed E-state index contributed by atoms with van der Waals surface area (Å²) in [6, 6.07) is 9.14. The number of anilines is 1. The van der Waals surface area contributed by atoms with Gasteiger partial charge in [-0.15, -0.1) is 0 Å². The summed E-state index contributed by atoms with van der Waals surface area (Å²) in [6.45, 7) is 4.61. The van der Waals surface area contributed by atoms with Gasteiger partial charge in [0.05, 0.1) is 19.8 Å². The maximum atomic E-state index is 12.4. The monoisotopic (exact) mass is 447 g/mol. The number of ether oxygens (including phenoxy) is 1. The zero-order valence-electron chi connectivity index (χ0n) is 17.6. The maximum Gasteiger partial charge on any atom is 0.263 e. The molecule has 2 aliphatic rings. The Hall–Kier alpha value is -2.56. The van der Waals surface area contributed by atoms with Crippen LogP contribution in [-0.4, -0.2) is 96.6 Å². The first-order valence-corrected chi connectivity index (χ1v) is 10.5. The molecular formula is C21H29N5O6. The number of aliphatic hydroxyl groups excluding tert-OH is 3. The van der Waals surface area contributed by atoms with Crippen molar-refractivity contribution in [2.45, 2.75) is 24.5 Å². The molecule has 174 valence electrons. The molecule has 0 saturated carbocycles. The normalized spacial score (nSPS) is 26.9. The van der Waals surface area contributed by atoms with Crippen molar-refractivity contribution in [1.29, 1.82) is 5.26 Å². The first-order valence-electron chi connectivity index (χ1n) is 10.5. The van der Waals surface area contributed by atoms with E-state index in [1.54, 1.807) is 12.1 Å². The molecule has 0 bridgehead atoms. The minimum atomic E-state index is -1.42. The van der Waals surface area contributed by atoms with Gasteiger partial charge >= 0.3 is 0 Å². The molecule has 11 nitrogen and oxygen atoms in total. The van der Waals surface area contributed by atoms with Gasteiger partial charge in [-0.25, -0.2) is 0 Å². The average molecular weight is 447 g/mol. The summed E-state index contributed by atoms with van der Waals surface area (Å²) in [6.07, 6.45) is -3.56. The molecule has 2 fully saturated rings. The number of aliphatic hydroxyl groups is 3. The van der Waals surface area contributed by atoms with Crippen molar-refractivity contribution in [3.8, 4) is 6.07 Å². The largest absolute Gasteiger partial charge is 0.393 e. The number of nitrogens with one attached hydrogen (secondary N) is 3. The van der Waals surface area contributed by atoms with Crippen molar-refractivity contribution >= 4 is 17.7 Å². The molecule has 0 radical (unpaired) electrons. The van der Waals surface area contributed by atoms with Crippen LogP contribution in [-0.2, 0) is 14.4 Å². The number of hydrogen-bond donors (Lipinski definition) is 6. The topological polar surface area (TPSA) is 159 Å². The van der Waals surface area contributed by atoms with E-state index in [9.17, 15) is 20.3 Å². The Bertz CT molecular complexity index is 821. The van der Waals surface area contributed by atoms with Gasteiger partial charge in [-0.05, 0) is 23.8 Å². The van der Waals surface area contributed by atoms with Gasteiger partial charge in [-0.3, -0.25) is 14.5 Å². The molecule has 2 heterocycles. The molecular weight excluding hydrogens is 418 g/mol. The van der Waals surface area contributed by atoms with Gasteiger partial charge in [0.15, 0.2) is 0 Å². The van der Waals surface area contributed by atoms with Crippen LogP contribution in [0, 0.1) is 11.3 Å². The van der Waals surface area contributed by atoms with Crippen LogP contribution in [0.5, 0.6) is 0 Å². The Labute approximate surface area is 186 Å². The number of amides is 1. The number of benzene rings is 1. The van der Waals surface area contributed by atoms with E-state index in [2.05, 4.69) is 21.0 Å². The molecule has 2 aliphatic heterocycles. The number of nitrogens with zero attached hydrogens (tertiary/aromatic N) is 2. The molecule has 4 atom stereocenters. The van der Waals surface area contributed by atoms with Crippen LogP contribution >= 0.6 is 0 Å². The number of rotatable bonds is 8. The highest BCUT2D eigenvalue weighted by molar-refractivity contribution is 6.01. The smallest absolute Gasteiger partial charge is 0.263 e. The summed E-state index contributed by atoms with van der Waals surface area (Å²) in [5.41, 5.74) is 3.78. The van der Waals surface area contributed by atoms with Crippen molar-refractivity contribution in [3.05, 3.63) is 35.4 Å². The Morgan fingerprint density at radius 1 is 1.25 bits per heavy atom. The summed E-state index contributed by atoms with van der Waals surface area (Å²) in [4.78, 5) is 19.8. The highest BCUT2D eigenvalue weighted by atomic mass is 16.7. The molecule has 3 rings (SSSR count). The minimum absolute atomic E-state index is 0.175. The number of carbonyl (C=O) groups excluding carboxylic acids is 1. The lowest BCUT2D eigenvalue weighted by Gasteiger charge is -2.37. The first kappa shape index (κ1) is 24.1. The molecule has 6 N–H and O–H groups in total. The SMILES string of the molecule is N#C/C(=C\c1ccc(NCCN2CCOCC2)cc1)C(=O)N[C@H]1NO[C@H](CO)[C@@H](O)[C@@H]1O. The molecule has 0 aliphatic carbocycles. The average Bonchev–Trinajstić information content (AvgIpc) is 2.82. The number of nitriles is 1. The highest BCUT2D eigenvalue weighted by Gasteiger charge is 2.39. The fourth-order valence-electron chi connectivity index (χ4n) is 3.39. The number of hydrogen-bond acceptors (Lipinski definition) is 10. The number of hydroxylamine groups is 1. The molecule has 1 amide bonds. The first-order chi connectivity index (χ1) is 15.5. The van der Waals surface area contributed by atoms with E-state index < -0.39 is 37.0 Å². The van der Waals surface area contributed by atoms with Crippen LogP contribution in [0.3, 0.4) is 0 Å². The summed E-state index contributed by atoms with van der Waals surface area (Å²) < 4.78 is 5.34. The van der Waals surface area contributed by atoms with Gasteiger partial charge in [0.1, 0.15) is 36.1 Å². The molecule has 1 aromatic rings. The lowest BCUT2D eigenvalue weighted by Crippen LogP contribution is -2.65. The van der Waals surface area contributed by atoms with E-state index in [4.69, 9.17) is 14.7 Å². The second-order valence-corrected chi connectivity index (χ2v) is 7.56. The molecule has 11 heteroatoms. The highest BCUT2D eigenvalue weighted by Crippen LogP contribution is 2.15. The molecule has 32 heavy (non-hydrogen) atoms. The van der Waals surface area contributed by atoms with Gasteiger partial charge in [0.25, 0.3) is 5.91 Å². The Morgan fingerprint density at radius 3 is 2.62 bits per heavy atom. The Kier molecular flexibility index (Phi) is 8.95. The van der Waals surface area contributed by atoms with Gasteiger partial charge in [-0.2, -0.15) is 10.7 Å². The van der Waals surface area contributed by atoms with Crippen LogP contribution in [0.2, 0.25) is 0 Å². The molecule has 0 aromatic heterocycles. The second kappa shape index (κ2) is 11.9. The molecule has 2 saturated heterocycles. The van der Waals surface area contributed by atoms with Crippen LogP contribution < -0.4 is 16.1 Å². The zero-order chi connectivity index (χ0) is 22.9. The molecule has 1 aromatic carbocycles. The summed E-state index contributed by atoms with van der Waals surface area (Å²) in [5, 5.41) is 44.2. The van der Waals surface area contributed by atoms with Gasteiger partial charge < -0.3 is 30.7 Å². The fraction of sp³-hybridized carbons (Fsp3) is 0.524. The molecule has 0 spiro atoms. The van der Waals surface area contributed by atoms with Crippen LogP contribution in [0.1, 0.15) is 5.56 Å². The van der Waals surface area contributed by atoms with Crippen molar-refractivity contribution in [1.82, 2.24) is 15.7 Å². The van der Waals surface area contributed by atoms with E-state index in [1.807, 2.05) is 18.2 Å². The zero-order valence-corrected chi connectivity index (χ0v) is 17.6. The quantitative estimate of drug-likeness (QED) is 0.202. The van der Waals surface area contributed by atoms with Gasteiger partial charge in [0, 0.05) is 31.9 Å². The Balaban J connectivity index is 1.52. The summed E-state index contributed by atoms with van der Waals surface area (Å²) >= 11 is 0. The predicted molar refractivity (Wildman–Crippen MR) is 115 cm³/mol. The number of morpholine rings is 1. The fourth-order valence-corrected chi connectivity index (χ4v) is 3.39. The van der Waals surface area contributed by atoms with E-state index in [1.165, 1.54) is 6.08 Å². The molecule has 0 unspecified atom stereocenters. The summed E-state index contributed by atoms with van der Waals surface area (Å²) in [5.74, 6) is -0.741. The third kappa shape index (κ3) is 6.47. The van der Waals surface area contributed by atoms with Crippen LogP contribution in [0.4, 0.5) is 5.69 Å². The third-order valence-electron chi connectivity index (χ3n) is 5.33.